The molecule has 2 aliphatic rings. The molecule has 0 unspecified atom stereocenters. The average Bonchev–Trinajstić information content (AvgIpc) is 3.23. The van der Waals surface area contributed by atoms with Crippen LogP contribution in [-0.4, -0.2) is 56.6 Å². The fraction of sp³-hybridized carbons (Fsp3) is 0.571. The number of thioether (sulfide) groups is 1. The lowest BCUT2D eigenvalue weighted by atomic mass is 9.97. The van der Waals surface area contributed by atoms with Gasteiger partial charge in [0.05, 0.1) is 17.2 Å². The third-order valence-corrected chi connectivity index (χ3v) is 7.64. The number of carboxylic acid groups (broad SMARTS) is 1. The zero-order valence-electron chi connectivity index (χ0n) is 17.6. The van der Waals surface area contributed by atoms with Gasteiger partial charge >= 0.3 is 12.3 Å². The molecule has 12 heteroatoms. The van der Waals surface area contributed by atoms with Gasteiger partial charge in [0.25, 0.3) is 5.56 Å². The van der Waals surface area contributed by atoms with E-state index in [1.807, 2.05) is 0 Å². The molecule has 4 rings (SSSR count). The molecule has 1 saturated carbocycles. The summed E-state index contributed by atoms with van der Waals surface area (Å²) in [4.78, 5) is 31.1. The monoisotopic (exact) mass is 488 g/mol. The number of hydrogen-bond acceptors (Lipinski definition) is 5. The van der Waals surface area contributed by atoms with E-state index in [0.29, 0.717) is 5.69 Å². The van der Waals surface area contributed by atoms with Crippen LogP contribution in [-0.2, 0) is 5.75 Å². The largest absolute Gasteiger partial charge is 0.465 e. The average molecular weight is 489 g/mol. The summed E-state index contributed by atoms with van der Waals surface area (Å²) in [5, 5.41) is 11.2. The number of aromatic nitrogens is 2. The van der Waals surface area contributed by atoms with E-state index in [2.05, 4.69) is 15.3 Å². The molecule has 2 aromatic rings. The lowest BCUT2D eigenvalue weighted by molar-refractivity contribution is -0.182. The number of nitrogens with zero attached hydrogens (tertiary/aromatic N) is 2. The van der Waals surface area contributed by atoms with Gasteiger partial charge < -0.3 is 20.3 Å². The maximum absolute atomic E-state index is 14.6. The van der Waals surface area contributed by atoms with Crippen LogP contribution < -0.4 is 10.9 Å². The Morgan fingerprint density at radius 1 is 1.27 bits per heavy atom. The number of likely N-dealkylation sites (tertiary alicyclic amines) is 1. The van der Waals surface area contributed by atoms with E-state index in [9.17, 15) is 27.2 Å². The summed E-state index contributed by atoms with van der Waals surface area (Å²) >= 11 is 0.969. The fourth-order valence-electron chi connectivity index (χ4n) is 4.53. The number of hydrogen-bond donors (Lipinski definition) is 3. The number of H-pyrrole nitrogens is 1. The number of halogens is 4. The molecule has 3 N–H and O–H groups in total. The van der Waals surface area contributed by atoms with Gasteiger partial charge in [-0.3, -0.25) is 4.79 Å². The molecular formula is C21H24F4N4O3S. The van der Waals surface area contributed by atoms with Gasteiger partial charge in [0.15, 0.2) is 0 Å². The van der Waals surface area contributed by atoms with Gasteiger partial charge in [0, 0.05) is 30.1 Å². The van der Waals surface area contributed by atoms with Gasteiger partial charge in [-0.05, 0) is 31.4 Å². The van der Waals surface area contributed by atoms with E-state index >= 15 is 0 Å². The number of carbonyl (C=O) groups is 1. The Kier molecular flexibility index (Phi) is 6.73. The van der Waals surface area contributed by atoms with Gasteiger partial charge in [0.2, 0.25) is 0 Å². The molecule has 1 aliphatic heterocycles. The molecule has 7 nitrogen and oxygen atoms in total. The highest BCUT2D eigenvalue weighted by molar-refractivity contribution is 7.99. The first kappa shape index (κ1) is 23.7. The molecule has 2 heterocycles. The van der Waals surface area contributed by atoms with Crippen LogP contribution in [0, 0.1) is 11.7 Å². The van der Waals surface area contributed by atoms with Gasteiger partial charge in [-0.1, -0.05) is 12.8 Å². The molecule has 1 amide bonds. The highest BCUT2D eigenvalue weighted by Crippen LogP contribution is 2.40. The van der Waals surface area contributed by atoms with E-state index in [-0.39, 0.29) is 41.5 Å². The highest BCUT2D eigenvalue weighted by atomic mass is 32.2. The first-order valence-corrected chi connectivity index (χ1v) is 11.8. The standard InChI is InChI=1S/C21H24F4N4O3S/c22-14-7-12(26-11-3-1-2-4-11)8-15-18(14)19(30)28-17(27-15)10-33-16-5-6-29(20(31)32)9-13(16)21(23,24)25/h7-8,11,13,16,26H,1-6,9-10H2,(H,31,32)(H,27,28,30)/t13-,16-/m1/s1. The Morgan fingerprint density at radius 2 is 2.00 bits per heavy atom. The number of fused-ring (bicyclic) bond motifs is 1. The van der Waals surface area contributed by atoms with Crippen LogP contribution in [0.3, 0.4) is 0 Å². The molecule has 1 aromatic carbocycles. The van der Waals surface area contributed by atoms with Crippen LogP contribution >= 0.6 is 11.8 Å². The van der Waals surface area contributed by atoms with Crippen molar-refractivity contribution in [2.24, 2.45) is 5.92 Å². The van der Waals surface area contributed by atoms with Gasteiger partial charge in [-0.2, -0.15) is 13.2 Å². The minimum absolute atomic E-state index is 0.00263. The van der Waals surface area contributed by atoms with Crippen LogP contribution in [0.1, 0.15) is 37.9 Å². The number of alkyl halides is 3. The smallest absolute Gasteiger partial charge is 0.407 e. The normalized spacial score (nSPS) is 22.1. The topological polar surface area (TPSA) is 98.3 Å². The van der Waals surface area contributed by atoms with Gasteiger partial charge in [-0.15, -0.1) is 11.8 Å². The molecule has 0 bridgehead atoms. The predicted octanol–water partition coefficient (Wildman–Crippen LogP) is 4.58. The molecule has 1 saturated heterocycles. The molecule has 33 heavy (non-hydrogen) atoms. The summed E-state index contributed by atoms with van der Waals surface area (Å²) in [6.45, 7) is -0.623. The van der Waals surface area contributed by atoms with E-state index < -0.39 is 41.4 Å². The Morgan fingerprint density at radius 3 is 2.67 bits per heavy atom. The number of benzene rings is 1. The molecular weight excluding hydrogens is 464 g/mol. The highest BCUT2D eigenvalue weighted by Gasteiger charge is 2.48. The van der Waals surface area contributed by atoms with Crippen molar-refractivity contribution in [3.05, 3.63) is 34.1 Å². The zero-order chi connectivity index (χ0) is 23.8. The fourth-order valence-corrected chi connectivity index (χ4v) is 5.79. The second-order valence-electron chi connectivity index (χ2n) is 8.51. The third-order valence-electron chi connectivity index (χ3n) is 6.21. The maximum atomic E-state index is 14.6. The minimum Gasteiger partial charge on any atom is -0.465 e. The van der Waals surface area contributed by atoms with E-state index in [1.165, 1.54) is 6.07 Å². The van der Waals surface area contributed by atoms with E-state index in [4.69, 9.17) is 5.11 Å². The molecule has 1 aliphatic carbocycles. The first-order valence-electron chi connectivity index (χ1n) is 10.8. The van der Waals surface area contributed by atoms with Crippen molar-refractivity contribution in [2.45, 2.75) is 55.3 Å². The van der Waals surface area contributed by atoms with Gasteiger partial charge in [0.1, 0.15) is 17.0 Å². The summed E-state index contributed by atoms with van der Waals surface area (Å²) in [6.07, 6.45) is -1.76. The summed E-state index contributed by atoms with van der Waals surface area (Å²) in [6, 6.07) is 3.08. The van der Waals surface area contributed by atoms with Crippen molar-refractivity contribution in [3.63, 3.8) is 0 Å². The Bertz CT molecular complexity index is 1090. The third kappa shape index (κ3) is 5.36. The van der Waals surface area contributed by atoms with E-state index in [0.717, 1.165) is 42.3 Å². The van der Waals surface area contributed by atoms with E-state index in [1.54, 1.807) is 6.07 Å². The molecule has 2 atom stereocenters. The Hall–Kier alpha value is -2.50. The summed E-state index contributed by atoms with van der Waals surface area (Å²) in [5.74, 6) is -2.40. The van der Waals surface area contributed by atoms with Crippen LogP contribution in [0.25, 0.3) is 10.9 Å². The number of aromatic amines is 1. The maximum Gasteiger partial charge on any atom is 0.407 e. The van der Waals surface area contributed by atoms with Gasteiger partial charge in [-0.25, -0.2) is 14.2 Å². The Labute approximate surface area is 190 Å². The second-order valence-corrected chi connectivity index (χ2v) is 9.73. The van der Waals surface area contributed by atoms with Crippen molar-refractivity contribution in [2.75, 3.05) is 18.4 Å². The predicted molar refractivity (Wildman–Crippen MR) is 117 cm³/mol. The number of amides is 1. The number of rotatable bonds is 5. The van der Waals surface area contributed by atoms with Crippen LogP contribution in [0.2, 0.25) is 0 Å². The molecule has 1 aromatic heterocycles. The van der Waals surface area contributed by atoms with Crippen molar-refractivity contribution >= 4 is 34.4 Å². The molecule has 180 valence electrons. The summed E-state index contributed by atoms with van der Waals surface area (Å²) < 4.78 is 55.2. The van der Waals surface area contributed by atoms with Crippen LogP contribution in [0.4, 0.5) is 28.0 Å². The van der Waals surface area contributed by atoms with Crippen molar-refractivity contribution in [1.29, 1.82) is 0 Å². The quantitative estimate of drug-likeness (QED) is 0.533. The number of nitrogens with one attached hydrogen (secondary N) is 2. The lowest BCUT2D eigenvalue weighted by Crippen LogP contribution is -2.49. The SMILES string of the molecule is O=C(O)N1CC[C@@H](SCc2nc3cc(NC4CCCC4)cc(F)c3c(=O)[nH]2)[C@H](C(F)(F)F)C1. The molecule has 0 radical (unpaired) electrons. The molecule has 2 fully saturated rings. The van der Waals surface area contributed by atoms with Crippen molar-refractivity contribution < 1.29 is 27.5 Å². The second kappa shape index (κ2) is 9.40. The molecule has 0 spiro atoms. The lowest BCUT2D eigenvalue weighted by Gasteiger charge is -2.37. The van der Waals surface area contributed by atoms with Crippen molar-refractivity contribution in [1.82, 2.24) is 14.9 Å². The van der Waals surface area contributed by atoms with Crippen molar-refractivity contribution in [3.8, 4) is 0 Å². The Balaban J connectivity index is 1.53. The minimum atomic E-state index is -4.56. The van der Waals surface area contributed by atoms with Crippen LogP contribution in [0.15, 0.2) is 16.9 Å². The number of anilines is 1. The number of piperidine rings is 1. The summed E-state index contributed by atoms with van der Waals surface area (Å²) in [7, 11) is 0. The summed E-state index contributed by atoms with van der Waals surface area (Å²) in [5.41, 5.74) is -0.0294. The zero-order valence-corrected chi connectivity index (χ0v) is 18.4. The first-order chi connectivity index (χ1) is 15.6. The van der Waals surface area contributed by atoms with Crippen LogP contribution in [0.5, 0.6) is 0 Å².